The van der Waals surface area contributed by atoms with Crippen LogP contribution >= 0.6 is 0 Å². The summed E-state index contributed by atoms with van der Waals surface area (Å²) in [6.07, 6.45) is 2.43. The molecule has 1 unspecified atom stereocenters. The molecule has 2 N–H and O–H groups in total. The molecule has 104 valence electrons. The average Bonchev–Trinajstić information content (AvgIpc) is 2.95. The molecule has 8 nitrogen and oxygen atoms in total. The number of hydrogen-bond donors (Lipinski definition) is 2. The smallest absolute Gasteiger partial charge is 0.317 e. The Morgan fingerprint density at radius 3 is 3.00 bits per heavy atom. The number of aromatic nitrogens is 3. The zero-order valence-corrected chi connectivity index (χ0v) is 10.7. The number of aliphatic carboxylic acids is 1. The number of hydrogen-bond acceptors (Lipinski definition) is 4. The summed E-state index contributed by atoms with van der Waals surface area (Å²) in [7, 11) is 1.81. The maximum Gasteiger partial charge on any atom is 0.317 e. The normalized spacial score (nSPS) is 18.6. The molecule has 1 atom stereocenters. The average molecular weight is 267 g/mol. The van der Waals surface area contributed by atoms with E-state index in [-0.39, 0.29) is 18.4 Å². The standard InChI is InChI=1S/C11H17N5O3/c1-15-7-13-14-9(15)5-12-11(19)16-3-2-8(6-16)4-10(17)18/h7-8H,2-6H2,1H3,(H,12,19)(H,17,18). The van der Waals surface area contributed by atoms with Crippen LogP contribution < -0.4 is 5.32 Å². The molecule has 1 aliphatic heterocycles. The van der Waals surface area contributed by atoms with Gasteiger partial charge in [-0.1, -0.05) is 0 Å². The summed E-state index contributed by atoms with van der Waals surface area (Å²) in [6, 6.07) is -0.184. The van der Waals surface area contributed by atoms with Crippen LogP contribution in [0.5, 0.6) is 0 Å². The molecule has 0 bridgehead atoms. The van der Waals surface area contributed by atoms with Crippen LogP contribution in [-0.4, -0.2) is 49.9 Å². The predicted molar refractivity (Wildman–Crippen MR) is 65.2 cm³/mol. The quantitative estimate of drug-likeness (QED) is 0.788. The van der Waals surface area contributed by atoms with E-state index in [1.165, 1.54) is 0 Å². The van der Waals surface area contributed by atoms with Crippen molar-refractivity contribution in [1.29, 1.82) is 0 Å². The lowest BCUT2D eigenvalue weighted by atomic mass is 10.1. The number of carboxylic acids is 1. The minimum absolute atomic E-state index is 0.0538. The molecule has 0 saturated carbocycles. The van der Waals surface area contributed by atoms with E-state index in [0.29, 0.717) is 25.5 Å². The molecule has 1 aromatic rings. The Morgan fingerprint density at radius 1 is 1.58 bits per heavy atom. The first-order chi connectivity index (χ1) is 9.06. The van der Waals surface area contributed by atoms with Crippen molar-refractivity contribution in [2.24, 2.45) is 13.0 Å². The second kappa shape index (κ2) is 5.68. The second-order valence-corrected chi connectivity index (χ2v) is 4.72. The van der Waals surface area contributed by atoms with Crippen molar-refractivity contribution >= 4 is 12.0 Å². The number of carboxylic acid groups (broad SMARTS) is 1. The summed E-state index contributed by atoms with van der Waals surface area (Å²) in [5.41, 5.74) is 0. The van der Waals surface area contributed by atoms with Crippen LogP contribution in [0.25, 0.3) is 0 Å². The number of carbonyl (C=O) groups is 2. The number of nitrogens with one attached hydrogen (secondary N) is 1. The molecule has 8 heteroatoms. The number of carbonyl (C=O) groups excluding carboxylic acids is 1. The van der Waals surface area contributed by atoms with E-state index in [1.807, 2.05) is 0 Å². The Kier molecular flexibility index (Phi) is 3.98. The van der Waals surface area contributed by atoms with Gasteiger partial charge in [0, 0.05) is 26.6 Å². The van der Waals surface area contributed by atoms with Crippen molar-refractivity contribution in [1.82, 2.24) is 25.0 Å². The summed E-state index contributed by atoms with van der Waals surface area (Å²) in [4.78, 5) is 24.1. The van der Waals surface area contributed by atoms with Gasteiger partial charge in [-0.05, 0) is 12.3 Å². The van der Waals surface area contributed by atoms with Crippen molar-refractivity contribution in [3.05, 3.63) is 12.2 Å². The number of amides is 2. The number of nitrogens with zero attached hydrogens (tertiary/aromatic N) is 4. The lowest BCUT2D eigenvalue weighted by Crippen LogP contribution is -2.38. The fourth-order valence-electron chi connectivity index (χ4n) is 2.16. The highest BCUT2D eigenvalue weighted by Crippen LogP contribution is 2.19. The van der Waals surface area contributed by atoms with Gasteiger partial charge in [0.1, 0.15) is 6.33 Å². The molecule has 0 radical (unpaired) electrons. The van der Waals surface area contributed by atoms with Crippen LogP contribution in [0.2, 0.25) is 0 Å². The highest BCUT2D eigenvalue weighted by molar-refractivity contribution is 5.74. The third-order valence-corrected chi connectivity index (χ3v) is 3.24. The van der Waals surface area contributed by atoms with Gasteiger partial charge in [-0.3, -0.25) is 4.79 Å². The van der Waals surface area contributed by atoms with Crippen molar-refractivity contribution in [3.8, 4) is 0 Å². The van der Waals surface area contributed by atoms with Gasteiger partial charge < -0.3 is 19.9 Å². The highest BCUT2D eigenvalue weighted by atomic mass is 16.4. The molecule has 19 heavy (non-hydrogen) atoms. The molecule has 2 amide bonds. The fraction of sp³-hybridized carbons (Fsp3) is 0.636. The minimum atomic E-state index is -0.814. The van der Waals surface area contributed by atoms with E-state index in [1.54, 1.807) is 22.8 Å². The number of urea groups is 1. The summed E-state index contributed by atoms with van der Waals surface area (Å²) in [5.74, 6) is -0.0842. The van der Waals surface area contributed by atoms with Crippen molar-refractivity contribution in [2.45, 2.75) is 19.4 Å². The number of rotatable bonds is 4. The molecule has 0 spiro atoms. The summed E-state index contributed by atoms with van der Waals surface area (Å²) >= 11 is 0. The summed E-state index contributed by atoms with van der Waals surface area (Å²) < 4.78 is 1.73. The molecular weight excluding hydrogens is 250 g/mol. The molecule has 1 aromatic heterocycles. The Morgan fingerprint density at radius 2 is 2.37 bits per heavy atom. The minimum Gasteiger partial charge on any atom is -0.481 e. The molecule has 0 aromatic carbocycles. The van der Waals surface area contributed by atoms with Crippen molar-refractivity contribution < 1.29 is 14.7 Å². The molecule has 2 heterocycles. The van der Waals surface area contributed by atoms with Crippen LogP contribution in [0, 0.1) is 5.92 Å². The van der Waals surface area contributed by atoms with E-state index in [2.05, 4.69) is 15.5 Å². The highest BCUT2D eigenvalue weighted by Gasteiger charge is 2.27. The zero-order valence-electron chi connectivity index (χ0n) is 10.7. The largest absolute Gasteiger partial charge is 0.481 e. The summed E-state index contributed by atoms with van der Waals surface area (Å²) in [5, 5.41) is 19.1. The van der Waals surface area contributed by atoms with E-state index in [0.717, 1.165) is 6.42 Å². The third-order valence-electron chi connectivity index (χ3n) is 3.24. The van der Waals surface area contributed by atoms with Gasteiger partial charge in [0.05, 0.1) is 6.54 Å². The van der Waals surface area contributed by atoms with Crippen molar-refractivity contribution in [2.75, 3.05) is 13.1 Å². The third kappa shape index (κ3) is 3.43. The van der Waals surface area contributed by atoms with Crippen LogP contribution in [0.15, 0.2) is 6.33 Å². The van der Waals surface area contributed by atoms with Gasteiger partial charge in [0.25, 0.3) is 0 Å². The van der Waals surface area contributed by atoms with Gasteiger partial charge in [-0.2, -0.15) is 0 Å². The predicted octanol–water partition coefficient (Wildman–Crippen LogP) is -0.179. The van der Waals surface area contributed by atoms with Gasteiger partial charge in [-0.25, -0.2) is 4.79 Å². The second-order valence-electron chi connectivity index (χ2n) is 4.72. The molecular formula is C11H17N5O3. The van der Waals surface area contributed by atoms with Crippen LogP contribution in [0.3, 0.4) is 0 Å². The monoisotopic (exact) mass is 267 g/mol. The SMILES string of the molecule is Cn1cnnc1CNC(=O)N1CCC(CC(=O)O)C1. The van der Waals surface area contributed by atoms with E-state index < -0.39 is 5.97 Å². The first-order valence-electron chi connectivity index (χ1n) is 6.13. The lowest BCUT2D eigenvalue weighted by Gasteiger charge is -2.16. The Balaban J connectivity index is 1.78. The van der Waals surface area contributed by atoms with Gasteiger partial charge in [-0.15, -0.1) is 10.2 Å². The maximum atomic E-state index is 11.9. The van der Waals surface area contributed by atoms with E-state index >= 15 is 0 Å². The fourth-order valence-corrected chi connectivity index (χ4v) is 2.16. The lowest BCUT2D eigenvalue weighted by molar-refractivity contribution is -0.138. The number of likely N-dealkylation sites (tertiary alicyclic amines) is 1. The Hall–Kier alpha value is -2.12. The van der Waals surface area contributed by atoms with Gasteiger partial charge >= 0.3 is 12.0 Å². The van der Waals surface area contributed by atoms with E-state index in [4.69, 9.17) is 5.11 Å². The van der Waals surface area contributed by atoms with Crippen LogP contribution in [0.4, 0.5) is 4.79 Å². The Labute approximate surface area is 110 Å². The molecule has 1 saturated heterocycles. The van der Waals surface area contributed by atoms with Crippen LogP contribution in [0.1, 0.15) is 18.7 Å². The summed E-state index contributed by atoms with van der Waals surface area (Å²) in [6.45, 7) is 1.41. The molecule has 1 fully saturated rings. The Bertz CT molecular complexity index is 473. The van der Waals surface area contributed by atoms with Gasteiger partial charge in [0.2, 0.25) is 0 Å². The van der Waals surface area contributed by atoms with Gasteiger partial charge in [0.15, 0.2) is 5.82 Å². The van der Waals surface area contributed by atoms with Crippen molar-refractivity contribution in [3.63, 3.8) is 0 Å². The molecule has 2 rings (SSSR count). The topological polar surface area (TPSA) is 100 Å². The van der Waals surface area contributed by atoms with Crippen LogP contribution in [-0.2, 0) is 18.4 Å². The first-order valence-corrected chi connectivity index (χ1v) is 6.13. The zero-order chi connectivity index (χ0) is 13.8. The molecule has 0 aliphatic carbocycles. The molecule has 1 aliphatic rings. The number of aryl methyl sites for hydroxylation is 1. The first kappa shape index (κ1) is 13.3. The maximum absolute atomic E-state index is 11.9. The van der Waals surface area contributed by atoms with E-state index in [9.17, 15) is 9.59 Å².